The Morgan fingerprint density at radius 2 is 1.84 bits per heavy atom. The van der Waals surface area contributed by atoms with Crippen LogP contribution in [0, 0.1) is 0 Å². The van der Waals surface area contributed by atoms with Gasteiger partial charge in [0.05, 0.1) is 7.11 Å². The summed E-state index contributed by atoms with van der Waals surface area (Å²) >= 11 is 0. The van der Waals surface area contributed by atoms with Gasteiger partial charge in [0.1, 0.15) is 18.1 Å². The fraction of sp³-hybridized carbons (Fsp3) is 0.455. The van der Waals surface area contributed by atoms with E-state index in [1.807, 2.05) is 36.4 Å². The van der Waals surface area contributed by atoms with Gasteiger partial charge in [-0.3, -0.25) is 4.90 Å². The zero-order valence-electron chi connectivity index (χ0n) is 15.4. The van der Waals surface area contributed by atoms with Crippen molar-refractivity contribution in [2.75, 3.05) is 33.4 Å². The third kappa shape index (κ3) is 4.35. The molecule has 2 aromatic rings. The molecule has 0 spiro atoms. The predicted molar refractivity (Wildman–Crippen MR) is 103 cm³/mol. The minimum absolute atomic E-state index is 0.246. The Hall–Kier alpha value is -2.00. The number of hydrogen-bond acceptors (Lipinski definition) is 3. The van der Waals surface area contributed by atoms with Crippen LogP contribution in [0.15, 0.2) is 54.6 Å². The topological polar surface area (TPSA) is 21.7 Å². The van der Waals surface area contributed by atoms with E-state index in [9.17, 15) is 0 Å². The van der Waals surface area contributed by atoms with E-state index in [4.69, 9.17) is 9.47 Å². The maximum absolute atomic E-state index is 5.88. The average molecular weight is 339 g/mol. The molecular weight excluding hydrogens is 310 g/mol. The quantitative estimate of drug-likeness (QED) is 0.706. The summed E-state index contributed by atoms with van der Waals surface area (Å²) in [7, 11) is 1.74. The van der Waals surface area contributed by atoms with E-state index < -0.39 is 0 Å². The first kappa shape index (κ1) is 17.8. The minimum atomic E-state index is 0.246. The van der Waals surface area contributed by atoms with Gasteiger partial charge in [-0.05, 0) is 49.2 Å². The normalized spacial score (nSPS) is 20.6. The van der Waals surface area contributed by atoms with Crippen LogP contribution >= 0.6 is 0 Å². The lowest BCUT2D eigenvalue weighted by atomic mass is 9.76. The van der Waals surface area contributed by atoms with E-state index in [1.165, 1.54) is 24.8 Å². The first-order chi connectivity index (χ1) is 12.3. The van der Waals surface area contributed by atoms with Crippen LogP contribution in [0.25, 0.3) is 0 Å². The highest BCUT2D eigenvalue weighted by molar-refractivity contribution is 5.35. The Balaban J connectivity index is 1.62. The molecule has 3 heteroatoms. The third-order valence-corrected chi connectivity index (χ3v) is 5.26. The molecule has 0 saturated carbocycles. The lowest BCUT2D eigenvalue weighted by molar-refractivity contribution is 0.226. The maximum atomic E-state index is 5.88. The van der Waals surface area contributed by atoms with E-state index in [2.05, 4.69) is 30.0 Å². The van der Waals surface area contributed by atoms with Crippen molar-refractivity contribution in [3.8, 4) is 11.5 Å². The fourth-order valence-corrected chi connectivity index (χ4v) is 3.97. The van der Waals surface area contributed by atoms with Crippen LogP contribution in [0.1, 0.15) is 31.7 Å². The highest BCUT2D eigenvalue weighted by atomic mass is 16.5. The van der Waals surface area contributed by atoms with Crippen molar-refractivity contribution in [3.63, 3.8) is 0 Å². The Labute approximate surface area is 151 Å². The number of nitrogens with zero attached hydrogens (tertiary/aromatic N) is 1. The van der Waals surface area contributed by atoms with Crippen LogP contribution in [-0.2, 0) is 5.41 Å². The summed E-state index contributed by atoms with van der Waals surface area (Å²) in [5.41, 5.74) is 1.66. The number of benzene rings is 2. The van der Waals surface area contributed by atoms with Gasteiger partial charge in [0, 0.05) is 18.5 Å². The van der Waals surface area contributed by atoms with Gasteiger partial charge in [0.15, 0.2) is 0 Å². The van der Waals surface area contributed by atoms with Crippen molar-refractivity contribution in [2.45, 2.75) is 31.6 Å². The summed E-state index contributed by atoms with van der Waals surface area (Å²) in [4.78, 5) is 2.54. The zero-order valence-corrected chi connectivity index (χ0v) is 15.4. The van der Waals surface area contributed by atoms with Gasteiger partial charge in [0.25, 0.3) is 0 Å². The number of likely N-dealkylation sites (tertiary alicyclic amines) is 1. The molecule has 0 aromatic heterocycles. The number of methoxy groups -OCH3 is 1. The standard InChI is InChI=1S/C22H29NO2/c1-3-12-22(19-8-7-11-21(17-19)24-2)13-14-23(18-22)15-16-25-20-9-5-4-6-10-20/h4-11,17H,3,12-16,18H2,1-2H3. The molecule has 0 bridgehead atoms. The number of ether oxygens (including phenoxy) is 2. The third-order valence-electron chi connectivity index (χ3n) is 5.26. The number of rotatable bonds is 8. The molecule has 0 aliphatic carbocycles. The summed E-state index contributed by atoms with van der Waals surface area (Å²) in [6, 6.07) is 18.7. The van der Waals surface area contributed by atoms with Crippen molar-refractivity contribution in [2.24, 2.45) is 0 Å². The molecule has 1 aliphatic heterocycles. The summed E-state index contributed by atoms with van der Waals surface area (Å²) in [5.74, 6) is 1.91. The van der Waals surface area contributed by atoms with Gasteiger partial charge in [-0.1, -0.05) is 43.7 Å². The summed E-state index contributed by atoms with van der Waals surface area (Å²) < 4.78 is 11.3. The Morgan fingerprint density at radius 3 is 2.60 bits per heavy atom. The first-order valence-electron chi connectivity index (χ1n) is 9.30. The summed E-state index contributed by atoms with van der Waals surface area (Å²) in [5, 5.41) is 0. The van der Waals surface area contributed by atoms with E-state index in [0.717, 1.165) is 37.7 Å². The number of hydrogen-bond donors (Lipinski definition) is 0. The van der Waals surface area contributed by atoms with Crippen LogP contribution in [0.4, 0.5) is 0 Å². The molecule has 2 aromatic carbocycles. The maximum Gasteiger partial charge on any atom is 0.119 e. The summed E-state index contributed by atoms with van der Waals surface area (Å²) in [6.07, 6.45) is 3.63. The predicted octanol–water partition coefficient (Wildman–Crippen LogP) is 4.52. The Bertz CT molecular complexity index is 658. The van der Waals surface area contributed by atoms with Gasteiger partial charge in [-0.25, -0.2) is 0 Å². The highest BCUT2D eigenvalue weighted by Crippen LogP contribution is 2.39. The second kappa shape index (κ2) is 8.39. The SMILES string of the molecule is CCCC1(c2cccc(OC)c2)CCN(CCOc2ccccc2)C1. The Kier molecular flexibility index (Phi) is 5.98. The van der Waals surface area contributed by atoms with E-state index in [1.54, 1.807) is 7.11 Å². The lowest BCUT2D eigenvalue weighted by Crippen LogP contribution is -2.33. The van der Waals surface area contributed by atoms with Gasteiger partial charge in [0.2, 0.25) is 0 Å². The van der Waals surface area contributed by atoms with Crippen molar-refractivity contribution in [1.82, 2.24) is 4.90 Å². The molecule has 25 heavy (non-hydrogen) atoms. The van der Waals surface area contributed by atoms with Crippen molar-refractivity contribution >= 4 is 0 Å². The second-order valence-electron chi connectivity index (χ2n) is 6.95. The van der Waals surface area contributed by atoms with E-state index in [-0.39, 0.29) is 5.41 Å². The molecule has 0 amide bonds. The van der Waals surface area contributed by atoms with Gasteiger partial charge < -0.3 is 9.47 Å². The molecule has 1 atom stereocenters. The molecule has 0 N–H and O–H groups in total. The molecule has 1 saturated heterocycles. The van der Waals surface area contributed by atoms with Crippen LogP contribution in [0.2, 0.25) is 0 Å². The van der Waals surface area contributed by atoms with Gasteiger partial charge in [-0.15, -0.1) is 0 Å². The Morgan fingerprint density at radius 1 is 1.04 bits per heavy atom. The average Bonchev–Trinajstić information content (AvgIpc) is 3.07. The monoisotopic (exact) mass is 339 g/mol. The van der Waals surface area contributed by atoms with Gasteiger partial charge >= 0.3 is 0 Å². The largest absolute Gasteiger partial charge is 0.497 e. The lowest BCUT2D eigenvalue weighted by Gasteiger charge is -2.30. The van der Waals surface area contributed by atoms with E-state index in [0.29, 0.717) is 0 Å². The molecule has 1 fully saturated rings. The molecular formula is C22H29NO2. The van der Waals surface area contributed by atoms with Crippen LogP contribution < -0.4 is 9.47 Å². The highest BCUT2D eigenvalue weighted by Gasteiger charge is 2.38. The van der Waals surface area contributed by atoms with Crippen LogP contribution in [0.5, 0.6) is 11.5 Å². The molecule has 3 rings (SSSR count). The minimum Gasteiger partial charge on any atom is -0.497 e. The van der Waals surface area contributed by atoms with Crippen molar-refractivity contribution < 1.29 is 9.47 Å². The fourth-order valence-electron chi connectivity index (χ4n) is 3.97. The molecule has 3 nitrogen and oxygen atoms in total. The summed E-state index contributed by atoms with van der Waals surface area (Å²) in [6.45, 7) is 6.24. The first-order valence-corrected chi connectivity index (χ1v) is 9.30. The molecule has 1 heterocycles. The van der Waals surface area contributed by atoms with Crippen molar-refractivity contribution in [3.05, 3.63) is 60.2 Å². The molecule has 0 radical (unpaired) electrons. The zero-order chi connectivity index (χ0) is 17.5. The van der Waals surface area contributed by atoms with Crippen LogP contribution in [0.3, 0.4) is 0 Å². The van der Waals surface area contributed by atoms with Crippen molar-refractivity contribution in [1.29, 1.82) is 0 Å². The molecule has 134 valence electrons. The number of para-hydroxylation sites is 1. The smallest absolute Gasteiger partial charge is 0.119 e. The molecule has 1 unspecified atom stereocenters. The van der Waals surface area contributed by atoms with E-state index >= 15 is 0 Å². The van der Waals surface area contributed by atoms with Crippen LogP contribution in [-0.4, -0.2) is 38.3 Å². The van der Waals surface area contributed by atoms with Gasteiger partial charge in [-0.2, -0.15) is 0 Å². The molecule has 1 aliphatic rings. The second-order valence-corrected chi connectivity index (χ2v) is 6.95.